The van der Waals surface area contributed by atoms with Gasteiger partial charge in [0.05, 0.1) is 5.52 Å². The smallest absolute Gasteiger partial charge is 0.398 e. The van der Waals surface area contributed by atoms with E-state index in [9.17, 15) is 4.79 Å². The Kier molecular flexibility index (Phi) is 3.07. The van der Waals surface area contributed by atoms with Crippen molar-refractivity contribution in [1.82, 2.24) is 15.2 Å². The van der Waals surface area contributed by atoms with Crippen molar-refractivity contribution in [2.45, 2.75) is 44.9 Å². The van der Waals surface area contributed by atoms with Gasteiger partial charge < -0.3 is 10.2 Å². The summed E-state index contributed by atoms with van der Waals surface area (Å²) < 4.78 is 5.03. The highest BCUT2D eigenvalue weighted by Gasteiger charge is 2.28. The second kappa shape index (κ2) is 4.93. The normalized spacial score (nSPS) is 15.1. The lowest BCUT2D eigenvalue weighted by molar-refractivity contribution is 0.525. The van der Waals surface area contributed by atoms with Crippen molar-refractivity contribution in [1.29, 1.82) is 0 Å². The number of hydrogen-bond donors (Lipinski definition) is 2. The number of nitrogen functional groups attached to an aromatic ring is 1. The molecular weight excluding hydrogens is 304 g/mol. The number of nitrogens with two attached hydrogens (primary N) is 1. The summed E-state index contributed by atoms with van der Waals surface area (Å²) >= 11 is 0. The summed E-state index contributed by atoms with van der Waals surface area (Å²) in [5.41, 5.74) is 10.6. The van der Waals surface area contributed by atoms with E-state index < -0.39 is 5.76 Å². The Morgan fingerprint density at radius 2 is 2.00 bits per heavy atom. The van der Waals surface area contributed by atoms with Crippen molar-refractivity contribution in [2.24, 2.45) is 0 Å². The van der Waals surface area contributed by atoms with Crippen molar-refractivity contribution >= 4 is 16.6 Å². The van der Waals surface area contributed by atoms with Crippen molar-refractivity contribution in [3.63, 3.8) is 0 Å². The minimum absolute atomic E-state index is 0.0758. The Morgan fingerprint density at radius 3 is 2.58 bits per heavy atom. The van der Waals surface area contributed by atoms with Gasteiger partial charge in [-0.15, -0.1) is 5.10 Å². The number of H-pyrrole nitrogens is 1. The fourth-order valence-electron chi connectivity index (χ4n) is 3.05. The second-order valence-electron chi connectivity index (χ2n) is 7.50. The second-order valence-corrected chi connectivity index (χ2v) is 7.50. The SMILES string of the molecule is CC(C)(C)c1cc(C2CC2)cc2c(N)cc(-c3n[nH]c(=O)o3)nc12. The zero-order chi connectivity index (χ0) is 17.1. The van der Waals surface area contributed by atoms with Gasteiger partial charge in [0.1, 0.15) is 5.69 Å². The molecule has 4 rings (SSSR count). The lowest BCUT2D eigenvalue weighted by Crippen LogP contribution is -2.13. The standard InChI is InChI=1S/C18H20N4O2/c1-18(2,3)12-7-10(9-4-5-9)6-11-13(19)8-14(20-15(11)12)16-21-22-17(23)24-16/h6-9H,4-5H2,1-3H3,(H2,19,20)(H,22,23). The molecule has 0 saturated heterocycles. The number of fused-ring (bicyclic) bond motifs is 1. The average Bonchev–Trinajstić information content (AvgIpc) is 3.27. The molecular formula is C18H20N4O2. The minimum Gasteiger partial charge on any atom is -0.398 e. The number of nitrogens with one attached hydrogen (secondary N) is 1. The fraction of sp³-hybridized carbons (Fsp3) is 0.389. The van der Waals surface area contributed by atoms with Crippen LogP contribution >= 0.6 is 0 Å². The van der Waals surface area contributed by atoms with Crippen molar-refractivity contribution < 1.29 is 4.42 Å². The van der Waals surface area contributed by atoms with Crippen LogP contribution in [0.5, 0.6) is 0 Å². The number of rotatable bonds is 2. The summed E-state index contributed by atoms with van der Waals surface area (Å²) in [5, 5.41) is 7.07. The van der Waals surface area contributed by atoms with Crippen LogP contribution in [0.25, 0.3) is 22.5 Å². The first-order valence-electron chi connectivity index (χ1n) is 8.13. The predicted molar refractivity (Wildman–Crippen MR) is 92.9 cm³/mol. The van der Waals surface area contributed by atoms with E-state index in [2.05, 4.69) is 43.1 Å². The van der Waals surface area contributed by atoms with Gasteiger partial charge in [0, 0.05) is 11.1 Å². The van der Waals surface area contributed by atoms with Crippen LogP contribution in [0.1, 0.15) is 50.7 Å². The molecule has 0 amide bonds. The average molecular weight is 324 g/mol. The molecule has 124 valence electrons. The maximum Gasteiger partial charge on any atom is 0.434 e. The topological polar surface area (TPSA) is 97.8 Å². The molecule has 0 atom stereocenters. The van der Waals surface area contributed by atoms with Crippen LogP contribution in [-0.2, 0) is 5.41 Å². The number of nitrogens with zero attached hydrogens (tertiary/aromatic N) is 2. The Labute approximate surface area is 139 Å². The first-order valence-corrected chi connectivity index (χ1v) is 8.13. The van der Waals surface area contributed by atoms with Gasteiger partial charge in [0.15, 0.2) is 0 Å². The lowest BCUT2D eigenvalue weighted by atomic mass is 9.83. The molecule has 1 aliphatic rings. The van der Waals surface area contributed by atoms with Crippen LogP contribution in [0.4, 0.5) is 5.69 Å². The summed E-state index contributed by atoms with van der Waals surface area (Å²) in [6, 6.07) is 6.11. The van der Waals surface area contributed by atoms with E-state index >= 15 is 0 Å². The molecule has 2 heterocycles. The Hall–Kier alpha value is -2.63. The molecule has 6 nitrogen and oxygen atoms in total. The molecule has 2 aromatic heterocycles. The van der Waals surface area contributed by atoms with E-state index in [0.29, 0.717) is 17.3 Å². The molecule has 0 aliphatic heterocycles. The number of hydrogen-bond acceptors (Lipinski definition) is 5. The minimum atomic E-state index is -0.606. The molecule has 0 bridgehead atoms. The maximum atomic E-state index is 11.2. The molecule has 24 heavy (non-hydrogen) atoms. The van der Waals surface area contributed by atoms with Gasteiger partial charge in [-0.05, 0) is 47.4 Å². The van der Waals surface area contributed by atoms with E-state index in [4.69, 9.17) is 15.1 Å². The molecule has 3 aromatic rings. The highest BCUT2D eigenvalue weighted by atomic mass is 16.4. The van der Waals surface area contributed by atoms with E-state index in [1.54, 1.807) is 6.07 Å². The monoisotopic (exact) mass is 324 g/mol. The van der Waals surface area contributed by atoms with Gasteiger partial charge in [-0.3, -0.25) is 0 Å². The molecule has 0 unspecified atom stereocenters. The third kappa shape index (κ3) is 2.48. The number of anilines is 1. The summed E-state index contributed by atoms with van der Waals surface area (Å²) in [6.07, 6.45) is 2.47. The zero-order valence-corrected chi connectivity index (χ0v) is 14.0. The summed E-state index contributed by atoms with van der Waals surface area (Å²) in [5.74, 6) is 0.185. The van der Waals surface area contributed by atoms with Crippen molar-refractivity contribution in [3.8, 4) is 11.6 Å². The number of aromatic nitrogens is 3. The van der Waals surface area contributed by atoms with Crippen LogP contribution < -0.4 is 11.5 Å². The van der Waals surface area contributed by atoms with Crippen LogP contribution in [0.15, 0.2) is 27.4 Å². The highest BCUT2D eigenvalue weighted by Crippen LogP contribution is 2.44. The predicted octanol–water partition coefficient (Wildman–Crippen LogP) is 3.34. The van der Waals surface area contributed by atoms with Gasteiger partial charge in [0.25, 0.3) is 5.89 Å². The molecule has 1 aromatic carbocycles. The van der Waals surface area contributed by atoms with Crippen LogP contribution in [0, 0.1) is 0 Å². The number of benzene rings is 1. The molecule has 0 spiro atoms. The summed E-state index contributed by atoms with van der Waals surface area (Å²) in [7, 11) is 0. The quantitative estimate of drug-likeness (QED) is 0.753. The Morgan fingerprint density at radius 1 is 1.25 bits per heavy atom. The van der Waals surface area contributed by atoms with E-state index in [1.807, 2.05) is 0 Å². The van der Waals surface area contributed by atoms with Gasteiger partial charge in [-0.1, -0.05) is 26.8 Å². The van der Waals surface area contributed by atoms with Crippen LogP contribution in [0.3, 0.4) is 0 Å². The van der Waals surface area contributed by atoms with E-state index in [0.717, 1.165) is 16.5 Å². The molecule has 3 N–H and O–H groups in total. The summed E-state index contributed by atoms with van der Waals surface area (Å²) in [4.78, 5) is 15.9. The van der Waals surface area contributed by atoms with Crippen LogP contribution in [-0.4, -0.2) is 15.2 Å². The third-order valence-corrected chi connectivity index (χ3v) is 4.48. The van der Waals surface area contributed by atoms with E-state index in [1.165, 1.54) is 18.4 Å². The maximum absolute atomic E-state index is 11.2. The first kappa shape index (κ1) is 14.9. The zero-order valence-electron chi connectivity index (χ0n) is 14.0. The molecule has 1 aliphatic carbocycles. The largest absolute Gasteiger partial charge is 0.434 e. The molecule has 6 heteroatoms. The lowest BCUT2D eigenvalue weighted by Gasteiger charge is -2.23. The van der Waals surface area contributed by atoms with Crippen LogP contribution in [0.2, 0.25) is 0 Å². The van der Waals surface area contributed by atoms with Gasteiger partial charge >= 0.3 is 5.76 Å². The summed E-state index contributed by atoms with van der Waals surface area (Å²) in [6.45, 7) is 6.49. The molecule has 1 saturated carbocycles. The first-order chi connectivity index (χ1) is 11.3. The fourth-order valence-corrected chi connectivity index (χ4v) is 3.05. The van der Waals surface area contributed by atoms with Gasteiger partial charge in [0.2, 0.25) is 0 Å². The van der Waals surface area contributed by atoms with Crippen molar-refractivity contribution in [3.05, 3.63) is 39.9 Å². The highest BCUT2D eigenvalue weighted by molar-refractivity contribution is 5.95. The number of aromatic amines is 1. The van der Waals surface area contributed by atoms with Gasteiger partial charge in [-0.25, -0.2) is 14.9 Å². The van der Waals surface area contributed by atoms with E-state index in [-0.39, 0.29) is 11.3 Å². The Bertz CT molecular complexity index is 990. The third-order valence-electron chi connectivity index (χ3n) is 4.48. The van der Waals surface area contributed by atoms with Gasteiger partial charge in [-0.2, -0.15) is 0 Å². The molecule has 0 radical (unpaired) electrons. The molecule has 1 fully saturated rings. The Balaban J connectivity index is 2.02. The van der Waals surface area contributed by atoms with Crippen molar-refractivity contribution in [2.75, 3.05) is 5.73 Å². The number of pyridine rings is 1.